The molecule has 2 aromatic rings. The van der Waals surface area contributed by atoms with E-state index in [1.165, 1.54) is 4.88 Å². The number of hydrogen-bond acceptors (Lipinski definition) is 3. The number of nitrogens with one attached hydrogen (secondary N) is 2. The van der Waals surface area contributed by atoms with Crippen LogP contribution < -0.4 is 16.4 Å². The molecule has 4 N–H and O–H groups in total. The van der Waals surface area contributed by atoms with Crippen LogP contribution >= 0.6 is 27.3 Å². The second kappa shape index (κ2) is 7.59. The number of amides is 2. The summed E-state index contributed by atoms with van der Waals surface area (Å²) in [5.74, 6) is 0. The zero-order chi connectivity index (χ0) is 15.2. The van der Waals surface area contributed by atoms with Crippen LogP contribution in [-0.2, 0) is 6.42 Å². The molecular weight excluding hydrogens is 350 g/mol. The quantitative estimate of drug-likeness (QED) is 0.750. The molecule has 1 aromatic carbocycles. The van der Waals surface area contributed by atoms with Crippen LogP contribution in [0.4, 0.5) is 10.5 Å². The van der Waals surface area contributed by atoms with Gasteiger partial charge in [-0.15, -0.1) is 11.3 Å². The first-order valence-corrected chi connectivity index (χ1v) is 8.30. The lowest BCUT2D eigenvalue weighted by Crippen LogP contribution is -2.30. The SMILES string of the molecule is CC(N)c1ccc(NC(=O)NCCc2ccc(Br)s2)cc1. The fraction of sp³-hybridized carbons (Fsp3) is 0.267. The first-order valence-electron chi connectivity index (χ1n) is 6.69. The molecular formula is C15H18BrN3OS. The molecule has 2 amide bonds. The Balaban J connectivity index is 1.76. The minimum Gasteiger partial charge on any atom is -0.338 e. The fourth-order valence-electron chi connectivity index (χ4n) is 1.83. The van der Waals surface area contributed by atoms with Crippen LogP contribution in [0.3, 0.4) is 0 Å². The van der Waals surface area contributed by atoms with E-state index in [0.717, 1.165) is 21.5 Å². The Labute approximate surface area is 136 Å². The Morgan fingerprint density at radius 1 is 1.29 bits per heavy atom. The van der Waals surface area contributed by atoms with Crippen LogP contribution in [0, 0.1) is 0 Å². The second-order valence-corrected chi connectivity index (χ2v) is 7.29. The molecule has 21 heavy (non-hydrogen) atoms. The van der Waals surface area contributed by atoms with Gasteiger partial charge >= 0.3 is 6.03 Å². The van der Waals surface area contributed by atoms with E-state index in [9.17, 15) is 4.79 Å². The molecule has 0 aliphatic carbocycles. The summed E-state index contributed by atoms with van der Waals surface area (Å²) in [6, 6.07) is 11.4. The smallest absolute Gasteiger partial charge is 0.319 e. The highest BCUT2D eigenvalue weighted by atomic mass is 79.9. The lowest BCUT2D eigenvalue weighted by Gasteiger charge is -2.09. The van der Waals surface area contributed by atoms with Crippen molar-refractivity contribution in [3.63, 3.8) is 0 Å². The van der Waals surface area contributed by atoms with Crippen molar-refractivity contribution in [2.45, 2.75) is 19.4 Å². The van der Waals surface area contributed by atoms with Crippen LogP contribution in [0.25, 0.3) is 0 Å². The minimum atomic E-state index is -0.195. The number of benzene rings is 1. The number of urea groups is 1. The van der Waals surface area contributed by atoms with Crippen molar-refractivity contribution < 1.29 is 4.79 Å². The van der Waals surface area contributed by atoms with E-state index in [-0.39, 0.29) is 12.1 Å². The van der Waals surface area contributed by atoms with Gasteiger partial charge in [-0.3, -0.25) is 0 Å². The van der Waals surface area contributed by atoms with Crippen molar-refractivity contribution in [1.29, 1.82) is 0 Å². The van der Waals surface area contributed by atoms with Gasteiger partial charge in [0, 0.05) is 23.2 Å². The highest BCUT2D eigenvalue weighted by Gasteiger charge is 2.04. The summed E-state index contributed by atoms with van der Waals surface area (Å²) in [6.07, 6.45) is 0.827. The molecule has 1 heterocycles. The van der Waals surface area contributed by atoms with E-state index in [2.05, 4.69) is 32.6 Å². The predicted octanol–water partition coefficient (Wildman–Crippen LogP) is 3.89. The van der Waals surface area contributed by atoms with Gasteiger partial charge in [-0.25, -0.2) is 4.79 Å². The molecule has 0 saturated heterocycles. The molecule has 1 atom stereocenters. The number of rotatable bonds is 5. The maximum absolute atomic E-state index is 11.8. The number of thiophene rings is 1. The Bertz CT molecular complexity index is 595. The van der Waals surface area contributed by atoms with E-state index >= 15 is 0 Å². The standard InChI is InChI=1S/C15H18BrN3OS/c1-10(17)11-2-4-12(5-3-11)19-15(20)18-9-8-13-6-7-14(16)21-13/h2-7,10H,8-9,17H2,1H3,(H2,18,19,20). The number of hydrogen-bond donors (Lipinski definition) is 3. The summed E-state index contributed by atoms with van der Waals surface area (Å²) in [4.78, 5) is 13.0. The van der Waals surface area contributed by atoms with E-state index in [1.807, 2.05) is 37.3 Å². The van der Waals surface area contributed by atoms with Crippen molar-refractivity contribution in [1.82, 2.24) is 5.32 Å². The molecule has 1 unspecified atom stereocenters. The maximum atomic E-state index is 11.8. The molecule has 112 valence electrons. The summed E-state index contributed by atoms with van der Waals surface area (Å²) in [6.45, 7) is 2.54. The number of carbonyl (C=O) groups excluding carboxylic acids is 1. The van der Waals surface area contributed by atoms with Gasteiger partial charge in [0.25, 0.3) is 0 Å². The van der Waals surface area contributed by atoms with Crippen LogP contribution in [-0.4, -0.2) is 12.6 Å². The van der Waals surface area contributed by atoms with Gasteiger partial charge in [0.2, 0.25) is 0 Å². The summed E-state index contributed by atoms with van der Waals surface area (Å²) >= 11 is 5.10. The summed E-state index contributed by atoms with van der Waals surface area (Å²) < 4.78 is 1.11. The van der Waals surface area contributed by atoms with E-state index < -0.39 is 0 Å². The Hall–Kier alpha value is -1.37. The van der Waals surface area contributed by atoms with Gasteiger partial charge in [-0.2, -0.15) is 0 Å². The first kappa shape index (κ1) is 16.0. The normalized spacial score (nSPS) is 12.0. The zero-order valence-corrected chi connectivity index (χ0v) is 14.1. The van der Waals surface area contributed by atoms with Gasteiger partial charge in [0.05, 0.1) is 3.79 Å². The summed E-state index contributed by atoms with van der Waals surface area (Å²) in [5.41, 5.74) is 7.59. The molecule has 0 fully saturated rings. The molecule has 0 aliphatic heterocycles. The molecule has 0 aliphatic rings. The number of nitrogens with two attached hydrogens (primary N) is 1. The second-order valence-electron chi connectivity index (χ2n) is 4.75. The maximum Gasteiger partial charge on any atom is 0.319 e. The third-order valence-electron chi connectivity index (χ3n) is 2.98. The highest BCUT2D eigenvalue weighted by molar-refractivity contribution is 9.11. The molecule has 2 rings (SSSR count). The summed E-state index contributed by atoms with van der Waals surface area (Å²) in [7, 11) is 0. The average molecular weight is 368 g/mol. The number of anilines is 1. The van der Waals surface area contributed by atoms with Crippen LogP contribution in [0.5, 0.6) is 0 Å². The van der Waals surface area contributed by atoms with Crippen molar-refractivity contribution >= 4 is 39.0 Å². The van der Waals surface area contributed by atoms with E-state index in [1.54, 1.807) is 11.3 Å². The van der Waals surface area contributed by atoms with Gasteiger partial charge in [-0.1, -0.05) is 12.1 Å². The van der Waals surface area contributed by atoms with Crippen molar-refractivity contribution in [2.75, 3.05) is 11.9 Å². The predicted molar refractivity (Wildman–Crippen MR) is 91.8 cm³/mol. The van der Waals surface area contributed by atoms with Crippen LogP contribution in [0.15, 0.2) is 40.2 Å². The van der Waals surface area contributed by atoms with E-state index in [0.29, 0.717) is 6.54 Å². The third kappa shape index (κ3) is 5.15. The van der Waals surface area contributed by atoms with Crippen LogP contribution in [0.1, 0.15) is 23.4 Å². The minimum absolute atomic E-state index is 0.00186. The highest BCUT2D eigenvalue weighted by Crippen LogP contribution is 2.22. The van der Waals surface area contributed by atoms with Crippen molar-refractivity contribution in [2.24, 2.45) is 5.73 Å². The van der Waals surface area contributed by atoms with Gasteiger partial charge in [0.1, 0.15) is 0 Å². The molecule has 1 aromatic heterocycles. The Morgan fingerprint density at radius 2 is 2.00 bits per heavy atom. The van der Waals surface area contributed by atoms with Crippen molar-refractivity contribution in [3.05, 3.63) is 50.6 Å². The molecule has 0 spiro atoms. The van der Waals surface area contributed by atoms with E-state index in [4.69, 9.17) is 5.73 Å². The third-order valence-corrected chi connectivity index (χ3v) is 4.66. The number of halogens is 1. The topological polar surface area (TPSA) is 67.1 Å². The number of carbonyl (C=O) groups is 1. The fourth-order valence-corrected chi connectivity index (χ4v) is 3.31. The van der Waals surface area contributed by atoms with Crippen LogP contribution in [0.2, 0.25) is 0 Å². The molecule has 6 heteroatoms. The largest absolute Gasteiger partial charge is 0.338 e. The average Bonchev–Trinajstić information content (AvgIpc) is 2.85. The summed E-state index contributed by atoms with van der Waals surface area (Å²) in [5, 5.41) is 5.65. The Morgan fingerprint density at radius 3 is 2.57 bits per heavy atom. The van der Waals surface area contributed by atoms with Crippen molar-refractivity contribution in [3.8, 4) is 0 Å². The molecule has 0 bridgehead atoms. The van der Waals surface area contributed by atoms with Gasteiger partial charge in [-0.05, 0) is 59.1 Å². The van der Waals surface area contributed by atoms with Gasteiger partial charge in [0.15, 0.2) is 0 Å². The monoisotopic (exact) mass is 367 g/mol. The lowest BCUT2D eigenvalue weighted by molar-refractivity contribution is 0.252. The molecule has 4 nitrogen and oxygen atoms in total. The molecule has 0 saturated carbocycles. The first-order chi connectivity index (χ1) is 10.0. The Kier molecular flexibility index (Phi) is 5.78. The van der Waals surface area contributed by atoms with Gasteiger partial charge < -0.3 is 16.4 Å². The zero-order valence-electron chi connectivity index (χ0n) is 11.7. The molecule has 0 radical (unpaired) electrons. The lowest BCUT2D eigenvalue weighted by atomic mass is 10.1.